The van der Waals surface area contributed by atoms with E-state index in [1.807, 2.05) is 0 Å². The topological polar surface area (TPSA) is 68.3 Å². The molecule has 0 spiro atoms. The molecule has 0 amide bonds. The van der Waals surface area contributed by atoms with Crippen LogP contribution in [0.15, 0.2) is 36.4 Å². The van der Waals surface area contributed by atoms with E-state index in [2.05, 4.69) is 0 Å². The Labute approximate surface area is 126 Å². The summed E-state index contributed by atoms with van der Waals surface area (Å²) in [6, 6.07) is 9.52. The highest BCUT2D eigenvalue weighted by Gasteiger charge is 2.12. The molecule has 0 unspecified atom stereocenters. The number of nitrogens with one attached hydrogen (secondary N) is 1. The molecule has 0 fully saturated rings. The normalized spacial score (nSPS) is 10.2. The van der Waals surface area contributed by atoms with E-state index in [0.717, 1.165) is 0 Å². The minimum absolute atomic E-state index is 0.0242. The number of nitrogen functional groups attached to an aromatic ring is 1. The number of hydrogen-bond donors (Lipinski definition) is 2. The lowest BCUT2D eigenvalue weighted by atomic mass is 10.1. The molecule has 0 saturated heterocycles. The Morgan fingerprint density at radius 3 is 2.71 bits per heavy atom. The van der Waals surface area contributed by atoms with Gasteiger partial charge >= 0.3 is 0 Å². The molecule has 3 N–H and O–H groups in total. The van der Waals surface area contributed by atoms with Crippen molar-refractivity contribution in [3.63, 3.8) is 0 Å². The zero-order valence-electron chi connectivity index (χ0n) is 11.3. The van der Waals surface area contributed by atoms with Gasteiger partial charge in [0.15, 0.2) is 11.6 Å². The minimum atomic E-state index is -0.480. The molecule has 4 nitrogen and oxygen atoms in total. The predicted octanol–water partition coefficient (Wildman–Crippen LogP) is 3.35. The van der Waals surface area contributed by atoms with Crippen LogP contribution in [0.25, 0.3) is 0 Å². The van der Waals surface area contributed by atoms with Gasteiger partial charge in [0.2, 0.25) is 0 Å². The number of ether oxygens (including phenoxy) is 2. The maximum atomic E-state index is 14.0. The van der Waals surface area contributed by atoms with Gasteiger partial charge in [-0.15, -0.1) is 0 Å². The van der Waals surface area contributed by atoms with E-state index in [1.54, 1.807) is 24.3 Å². The van der Waals surface area contributed by atoms with Crippen molar-refractivity contribution in [3.8, 4) is 11.5 Å². The highest BCUT2D eigenvalue weighted by molar-refractivity contribution is 6.30. The Kier molecular flexibility index (Phi) is 4.65. The molecule has 0 heterocycles. The van der Waals surface area contributed by atoms with Gasteiger partial charge in [0.05, 0.1) is 12.7 Å². The summed E-state index contributed by atoms with van der Waals surface area (Å²) in [4.78, 5) is 0. The van der Waals surface area contributed by atoms with Crippen molar-refractivity contribution in [1.29, 1.82) is 5.41 Å². The number of methoxy groups -OCH3 is 1. The summed E-state index contributed by atoms with van der Waals surface area (Å²) < 4.78 is 24.5. The zero-order valence-corrected chi connectivity index (χ0v) is 12.1. The fraction of sp³-hybridized carbons (Fsp3) is 0.133. The van der Waals surface area contributed by atoms with Crippen LogP contribution in [0.2, 0.25) is 5.02 Å². The van der Waals surface area contributed by atoms with E-state index in [4.69, 9.17) is 32.2 Å². The molecule has 6 heteroatoms. The largest absolute Gasteiger partial charge is 0.494 e. The van der Waals surface area contributed by atoms with E-state index in [-0.39, 0.29) is 18.2 Å². The molecule has 110 valence electrons. The monoisotopic (exact) mass is 308 g/mol. The first kappa shape index (κ1) is 15.1. The molecule has 0 bridgehead atoms. The first-order valence-electron chi connectivity index (χ1n) is 6.11. The predicted molar refractivity (Wildman–Crippen MR) is 79.8 cm³/mol. The molecule has 21 heavy (non-hydrogen) atoms. The number of amidine groups is 1. The van der Waals surface area contributed by atoms with Gasteiger partial charge in [-0.25, -0.2) is 4.39 Å². The number of benzene rings is 2. The second kappa shape index (κ2) is 6.45. The van der Waals surface area contributed by atoms with Gasteiger partial charge in [0.25, 0.3) is 0 Å². The van der Waals surface area contributed by atoms with Crippen molar-refractivity contribution in [1.82, 2.24) is 0 Å². The molecule has 2 aromatic carbocycles. The van der Waals surface area contributed by atoms with Crippen molar-refractivity contribution < 1.29 is 13.9 Å². The van der Waals surface area contributed by atoms with Crippen molar-refractivity contribution in [2.75, 3.05) is 7.11 Å². The molecule has 0 atom stereocenters. The van der Waals surface area contributed by atoms with Crippen LogP contribution in [0.4, 0.5) is 4.39 Å². The van der Waals surface area contributed by atoms with Crippen molar-refractivity contribution >= 4 is 17.4 Å². The summed E-state index contributed by atoms with van der Waals surface area (Å²) in [5.41, 5.74) is 6.22. The van der Waals surface area contributed by atoms with Crippen molar-refractivity contribution in [2.24, 2.45) is 5.73 Å². The van der Waals surface area contributed by atoms with Gasteiger partial charge in [-0.05, 0) is 24.3 Å². The van der Waals surface area contributed by atoms with E-state index < -0.39 is 5.82 Å². The molecule has 0 saturated carbocycles. The maximum Gasteiger partial charge on any atom is 0.171 e. The first-order valence-corrected chi connectivity index (χ1v) is 6.49. The summed E-state index contributed by atoms with van der Waals surface area (Å²) in [5, 5.41) is 7.94. The van der Waals surface area contributed by atoms with Gasteiger partial charge < -0.3 is 15.2 Å². The zero-order chi connectivity index (χ0) is 15.4. The maximum absolute atomic E-state index is 14.0. The average molecular weight is 309 g/mol. The highest BCUT2D eigenvalue weighted by Crippen LogP contribution is 2.26. The number of hydrogen-bond acceptors (Lipinski definition) is 3. The van der Waals surface area contributed by atoms with Gasteiger partial charge in [-0.2, -0.15) is 0 Å². The number of nitrogens with two attached hydrogens (primary N) is 1. The fourth-order valence-electron chi connectivity index (χ4n) is 1.82. The summed E-state index contributed by atoms with van der Waals surface area (Å²) >= 11 is 5.90. The molecular formula is C15H14ClFN2O2. The van der Waals surface area contributed by atoms with E-state index >= 15 is 0 Å². The standard InChI is InChI=1S/C15H14ClFN2O2/c1-20-12-4-2-3-9(14(12)17)8-21-13-7-10(16)5-6-11(13)15(18)19/h2-7H,8H2,1H3,(H3,18,19). The molecular weight excluding hydrogens is 295 g/mol. The SMILES string of the molecule is COc1cccc(COc2cc(Cl)ccc2C(=N)N)c1F. The Balaban J connectivity index is 2.24. The van der Waals surface area contributed by atoms with E-state index in [9.17, 15) is 4.39 Å². The Morgan fingerprint density at radius 1 is 1.29 bits per heavy atom. The second-order valence-electron chi connectivity index (χ2n) is 4.28. The van der Waals surface area contributed by atoms with Crippen molar-refractivity contribution in [2.45, 2.75) is 6.61 Å². The van der Waals surface area contributed by atoms with E-state index in [0.29, 0.717) is 21.9 Å². The average Bonchev–Trinajstić information content (AvgIpc) is 2.46. The van der Waals surface area contributed by atoms with Crippen LogP contribution in [0.3, 0.4) is 0 Å². The van der Waals surface area contributed by atoms with Gasteiger partial charge in [0.1, 0.15) is 18.2 Å². The Morgan fingerprint density at radius 2 is 2.05 bits per heavy atom. The molecule has 0 aliphatic heterocycles. The molecule has 2 aromatic rings. The number of halogens is 2. The van der Waals surface area contributed by atoms with E-state index in [1.165, 1.54) is 19.2 Å². The van der Waals surface area contributed by atoms with Crippen molar-refractivity contribution in [3.05, 3.63) is 58.4 Å². The van der Waals surface area contributed by atoms with Crippen LogP contribution in [0, 0.1) is 11.2 Å². The summed E-state index contributed by atoms with van der Waals surface area (Å²) in [6.45, 7) is -0.0242. The Bertz CT molecular complexity index is 677. The highest BCUT2D eigenvalue weighted by atomic mass is 35.5. The van der Waals surface area contributed by atoms with Crippen LogP contribution in [0.5, 0.6) is 11.5 Å². The van der Waals surface area contributed by atoms with Crippen LogP contribution >= 0.6 is 11.6 Å². The molecule has 0 aliphatic carbocycles. The van der Waals surface area contributed by atoms with Crippen LogP contribution in [-0.4, -0.2) is 12.9 Å². The first-order chi connectivity index (χ1) is 10.0. The molecule has 0 radical (unpaired) electrons. The van der Waals surface area contributed by atoms with Crippen LogP contribution < -0.4 is 15.2 Å². The van der Waals surface area contributed by atoms with Gasteiger partial charge in [0, 0.05) is 10.6 Å². The Hall–Kier alpha value is -2.27. The lowest BCUT2D eigenvalue weighted by molar-refractivity contribution is 0.295. The third-order valence-electron chi connectivity index (χ3n) is 2.88. The quantitative estimate of drug-likeness (QED) is 0.657. The summed E-state index contributed by atoms with van der Waals surface area (Å²) in [6.07, 6.45) is 0. The van der Waals surface area contributed by atoms with Crippen LogP contribution in [0.1, 0.15) is 11.1 Å². The van der Waals surface area contributed by atoms with Crippen LogP contribution in [-0.2, 0) is 6.61 Å². The summed E-state index contributed by atoms with van der Waals surface area (Å²) in [5.74, 6) is -0.148. The third-order valence-corrected chi connectivity index (χ3v) is 3.12. The van der Waals surface area contributed by atoms with Gasteiger partial charge in [-0.3, -0.25) is 5.41 Å². The molecule has 0 aliphatic rings. The molecule has 0 aromatic heterocycles. The lowest BCUT2D eigenvalue weighted by Crippen LogP contribution is -2.13. The summed E-state index contributed by atoms with van der Waals surface area (Å²) in [7, 11) is 1.40. The fourth-order valence-corrected chi connectivity index (χ4v) is 1.98. The third kappa shape index (κ3) is 3.44. The second-order valence-corrected chi connectivity index (χ2v) is 4.71. The minimum Gasteiger partial charge on any atom is -0.494 e. The van der Waals surface area contributed by atoms with Gasteiger partial charge in [-0.1, -0.05) is 23.7 Å². The number of rotatable bonds is 5. The molecule has 2 rings (SSSR count). The smallest absolute Gasteiger partial charge is 0.171 e. The lowest BCUT2D eigenvalue weighted by Gasteiger charge is -2.12.